The van der Waals surface area contributed by atoms with Crippen LogP contribution in [0.3, 0.4) is 0 Å². The summed E-state index contributed by atoms with van der Waals surface area (Å²) in [6, 6.07) is 11.9. The molecule has 3 heterocycles. The van der Waals surface area contributed by atoms with E-state index >= 15 is 0 Å². The van der Waals surface area contributed by atoms with Gasteiger partial charge in [-0.15, -0.1) is 10.2 Å². The van der Waals surface area contributed by atoms with Crippen LogP contribution >= 0.6 is 0 Å². The molecule has 7 heteroatoms. The highest BCUT2D eigenvalue weighted by molar-refractivity contribution is 5.79. The first kappa shape index (κ1) is 20.4. The molecule has 0 spiro atoms. The molecule has 160 valence electrons. The van der Waals surface area contributed by atoms with E-state index in [1.54, 1.807) is 7.11 Å². The smallest absolute Gasteiger partial charge is 0.223 e. The van der Waals surface area contributed by atoms with E-state index in [4.69, 9.17) is 4.74 Å². The molecule has 1 N–H and O–H groups in total. The van der Waals surface area contributed by atoms with Crippen LogP contribution in [0.25, 0.3) is 0 Å². The first-order valence-electron chi connectivity index (χ1n) is 11.0. The van der Waals surface area contributed by atoms with Crippen molar-refractivity contribution in [2.75, 3.05) is 43.1 Å². The maximum Gasteiger partial charge on any atom is 0.223 e. The lowest BCUT2D eigenvalue weighted by atomic mass is 9.96. The molecule has 1 aromatic carbocycles. The molecule has 0 atom stereocenters. The SMILES string of the molecule is COc1ccc(CNC(=O)C2CCN(c3ccc(N4CCCCC4)nn3)CC2)cc1. The number of ether oxygens (including phenoxy) is 1. The molecule has 2 aliphatic heterocycles. The fourth-order valence-corrected chi connectivity index (χ4v) is 4.23. The van der Waals surface area contributed by atoms with Gasteiger partial charge in [0.05, 0.1) is 7.11 Å². The lowest BCUT2D eigenvalue weighted by Crippen LogP contribution is -2.40. The predicted molar refractivity (Wildman–Crippen MR) is 118 cm³/mol. The average Bonchev–Trinajstić information content (AvgIpc) is 2.83. The number of rotatable bonds is 6. The summed E-state index contributed by atoms with van der Waals surface area (Å²) in [5.74, 6) is 2.90. The first-order chi connectivity index (χ1) is 14.7. The quantitative estimate of drug-likeness (QED) is 0.791. The van der Waals surface area contributed by atoms with Gasteiger partial charge >= 0.3 is 0 Å². The Bertz CT molecular complexity index is 810. The molecule has 2 fully saturated rings. The van der Waals surface area contributed by atoms with Crippen LogP contribution in [0.4, 0.5) is 11.6 Å². The molecular formula is C23H31N5O2. The number of anilines is 2. The van der Waals surface area contributed by atoms with Crippen molar-refractivity contribution in [2.24, 2.45) is 5.92 Å². The van der Waals surface area contributed by atoms with Crippen molar-refractivity contribution < 1.29 is 9.53 Å². The molecule has 0 unspecified atom stereocenters. The van der Waals surface area contributed by atoms with Crippen LogP contribution in [-0.4, -0.2) is 49.4 Å². The maximum absolute atomic E-state index is 12.6. The van der Waals surface area contributed by atoms with Gasteiger partial charge in [0.15, 0.2) is 11.6 Å². The number of methoxy groups -OCH3 is 1. The normalized spacial score (nSPS) is 17.6. The van der Waals surface area contributed by atoms with Gasteiger partial charge in [-0.3, -0.25) is 4.79 Å². The van der Waals surface area contributed by atoms with Crippen LogP contribution in [0.5, 0.6) is 5.75 Å². The van der Waals surface area contributed by atoms with Crippen LogP contribution in [-0.2, 0) is 11.3 Å². The molecule has 30 heavy (non-hydrogen) atoms. The zero-order chi connectivity index (χ0) is 20.8. The van der Waals surface area contributed by atoms with Crippen molar-refractivity contribution in [3.05, 3.63) is 42.0 Å². The topological polar surface area (TPSA) is 70.6 Å². The zero-order valence-electron chi connectivity index (χ0n) is 17.7. The summed E-state index contributed by atoms with van der Waals surface area (Å²) >= 11 is 0. The Morgan fingerprint density at radius 1 is 0.933 bits per heavy atom. The highest BCUT2D eigenvalue weighted by Gasteiger charge is 2.25. The van der Waals surface area contributed by atoms with Crippen LogP contribution in [0, 0.1) is 5.92 Å². The monoisotopic (exact) mass is 409 g/mol. The highest BCUT2D eigenvalue weighted by atomic mass is 16.5. The fourth-order valence-electron chi connectivity index (χ4n) is 4.23. The van der Waals surface area contributed by atoms with E-state index in [1.165, 1.54) is 19.3 Å². The van der Waals surface area contributed by atoms with E-state index in [9.17, 15) is 4.79 Å². The minimum absolute atomic E-state index is 0.0556. The fraction of sp³-hybridized carbons (Fsp3) is 0.522. The van der Waals surface area contributed by atoms with Gasteiger partial charge < -0.3 is 19.9 Å². The minimum Gasteiger partial charge on any atom is -0.497 e. The van der Waals surface area contributed by atoms with E-state index in [0.29, 0.717) is 6.54 Å². The van der Waals surface area contributed by atoms with Gasteiger partial charge in [-0.05, 0) is 61.9 Å². The third-order valence-corrected chi connectivity index (χ3v) is 6.13. The summed E-state index contributed by atoms with van der Waals surface area (Å²) in [4.78, 5) is 17.1. The summed E-state index contributed by atoms with van der Waals surface area (Å²) in [6.07, 6.45) is 5.45. The Morgan fingerprint density at radius 3 is 2.10 bits per heavy atom. The predicted octanol–water partition coefficient (Wildman–Crippen LogP) is 3.01. The number of carbonyl (C=O) groups excluding carboxylic acids is 1. The molecule has 0 bridgehead atoms. The van der Waals surface area contributed by atoms with Gasteiger partial charge in [-0.2, -0.15) is 0 Å². The average molecular weight is 410 g/mol. The second-order valence-corrected chi connectivity index (χ2v) is 8.12. The number of piperidine rings is 2. The molecule has 2 aromatic rings. The molecular weight excluding hydrogens is 378 g/mol. The Kier molecular flexibility index (Phi) is 6.67. The van der Waals surface area contributed by atoms with E-state index in [2.05, 4.69) is 37.4 Å². The number of hydrogen-bond acceptors (Lipinski definition) is 6. The van der Waals surface area contributed by atoms with Gasteiger partial charge in [-0.25, -0.2) is 0 Å². The summed E-state index contributed by atoms with van der Waals surface area (Å²) in [5, 5.41) is 12.0. The molecule has 7 nitrogen and oxygen atoms in total. The molecule has 0 aliphatic carbocycles. The number of carbonyl (C=O) groups is 1. The Morgan fingerprint density at radius 2 is 1.53 bits per heavy atom. The second-order valence-electron chi connectivity index (χ2n) is 8.12. The number of nitrogens with one attached hydrogen (secondary N) is 1. The summed E-state index contributed by atoms with van der Waals surface area (Å²) in [6.45, 7) is 4.36. The van der Waals surface area contributed by atoms with Crippen molar-refractivity contribution in [2.45, 2.75) is 38.6 Å². The van der Waals surface area contributed by atoms with Gasteiger partial charge in [0, 0.05) is 38.6 Å². The van der Waals surface area contributed by atoms with E-state index in [1.807, 2.05) is 24.3 Å². The molecule has 1 aromatic heterocycles. The molecule has 0 radical (unpaired) electrons. The van der Waals surface area contributed by atoms with E-state index in [-0.39, 0.29) is 11.8 Å². The van der Waals surface area contributed by atoms with Crippen molar-refractivity contribution in [3.63, 3.8) is 0 Å². The number of benzene rings is 1. The lowest BCUT2D eigenvalue weighted by Gasteiger charge is -2.32. The zero-order valence-corrected chi connectivity index (χ0v) is 17.7. The molecule has 1 amide bonds. The van der Waals surface area contributed by atoms with Gasteiger partial charge in [0.2, 0.25) is 5.91 Å². The number of nitrogens with zero attached hydrogens (tertiary/aromatic N) is 4. The van der Waals surface area contributed by atoms with Crippen LogP contribution in [0.15, 0.2) is 36.4 Å². The van der Waals surface area contributed by atoms with E-state index in [0.717, 1.165) is 62.0 Å². The van der Waals surface area contributed by atoms with Crippen LogP contribution < -0.4 is 19.9 Å². The van der Waals surface area contributed by atoms with Gasteiger partial charge in [0.1, 0.15) is 5.75 Å². The Labute approximate surface area is 178 Å². The molecule has 0 saturated carbocycles. The number of aromatic nitrogens is 2. The Hall–Kier alpha value is -2.83. The van der Waals surface area contributed by atoms with Crippen LogP contribution in [0.1, 0.15) is 37.7 Å². The summed E-state index contributed by atoms with van der Waals surface area (Å²) < 4.78 is 5.17. The highest BCUT2D eigenvalue weighted by Crippen LogP contribution is 2.24. The maximum atomic E-state index is 12.6. The minimum atomic E-state index is 0.0556. The van der Waals surface area contributed by atoms with Crippen LogP contribution in [0.2, 0.25) is 0 Å². The lowest BCUT2D eigenvalue weighted by molar-refractivity contribution is -0.125. The molecule has 4 rings (SSSR count). The van der Waals surface area contributed by atoms with Crippen molar-refractivity contribution in [1.82, 2.24) is 15.5 Å². The molecule has 2 saturated heterocycles. The number of amides is 1. The molecule has 2 aliphatic rings. The Balaban J connectivity index is 1.24. The van der Waals surface area contributed by atoms with Gasteiger partial charge in [-0.1, -0.05) is 12.1 Å². The van der Waals surface area contributed by atoms with Crippen molar-refractivity contribution >= 4 is 17.5 Å². The van der Waals surface area contributed by atoms with Crippen molar-refractivity contribution in [3.8, 4) is 5.75 Å². The van der Waals surface area contributed by atoms with Gasteiger partial charge in [0.25, 0.3) is 0 Å². The summed E-state index contributed by atoms with van der Waals surface area (Å²) in [5.41, 5.74) is 1.07. The standard InChI is InChI=1S/C23H31N5O2/c1-30-20-7-5-18(6-8-20)17-24-23(29)19-11-15-28(16-12-19)22-10-9-21(25-26-22)27-13-3-2-4-14-27/h5-10,19H,2-4,11-17H2,1H3,(H,24,29). The van der Waals surface area contributed by atoms with Crippen molar-refractivity contribution in [1.29, 1.82) is 0 Å². The van der Waals surface area contributed by atoms with E-state index < -0.39 is 0 Å². The largest absolute Gasteiger partial charge is 0.497 e. The summed E-state index contributed by atoms with van der Waals surface area (Å²) in [7, 11) is 1.65. The second kappa shape index (κ2) is 9.78. The third-order valence-electron chi connectivity index (χ3n) is 6.13. The first-order valence-corrected chi connectivity index (χ1v) is 11.0. The third kappa shape index (κ3) is 5.01. The number of hydrogen-bond donors (Lipinski definition) is 1.